The monoisotopic (exact) mass is 243 g/mol. The van der Waals surface area contributed by atoms with Gasteiger partial charge in [-0.1, -0.05) is 6.07 Å². The Labute approximate surface area is 87.2 Å². The molecule has 0 aromatic heterocycles. The summed E-state index contributed by atoms with van der Waals surface area (Å²) in [5.41, 5.74) is 8.06. The van der Waals surface area contributed by atoms with E-state index in [1.807, 2.05) is 19.9 Å². The predicted molar refractivity (Wildman–Crippen MR) is 58.0 cm³/mol. The van der Waals surface area contributed by atoms with Gasteiger partial charge in [0, 0.05) is 6.04 Å². The summed E-state index contributed by atoms with van der Waals surface area (Å²) in [6.45, 7) is 3.99. The van der Waals surface area contributed by atoms with Gasteiger partial charge < -0.3 is 10.5 Å². The van der Waals surface area contributed by atoms with Crippen LogP contribution in [0.2, 0.25) is 0 Å². The van der Waals surface area contributed by atoms with E-state index in [1.165, 1.54) is 0 Å². The van der Waals surface area contributed by atoms with Gasteiger partial charge in [-0.05, 0) is 47.0 Å². The molecule has 2 nitrogen and oxygen atoms in total. The quantitative estimate of drug-likeness (QED) is 0.868. The lowest BCUT2D eigenvalue weighted by Gasteiger charge is -2.13. The van der Waals surface area contributed by atoms with Crippen LogP contribution in [0.5, 0.6) is 5.75 Å². The molecule has 0 amide bonds. The van der Waals surface area contributed by atoms with Gasteiger partial charge in [-0.2, -0.15) is 0 Å². The molecule has 2 N–H and O–H groups in total. The van der Waals surface area contributed by atoms with Gasteiger partial charge in [0.25, 0.3) is 0 Å². The molecule has 13 heavy (non-hydrogen) atoms. The van der Waals surface area contributed by atoms with Crippen molar-refractivity contribution in [3.63, 3.8) is 0 Å². The molecule has 0 fully saturated rings. The van der Waals surface area contributed by atoms with Crippen molar-refractivity contribution in [1.29, 1.82) is 0 Å². The number of halogens is 1. The SMILES string of the molecule is COc1cc(C)cc(C(C)N)c1Br. The average molecular weight is 244 g/mol. The highest BCUT2D eigenvalue weighted by Gasteiger charge is 2.10. The zero-order chi connectivity index (χ0) is 10.0. The van der Waals surface area contributed by atoms with Crippen LogP contribution in [0.25, 0.3) is 0 Å². The van der Waals surface area contributed by atoms with E-state index >= 15 is 0 Å². The third-order valence-corrected chi connectivity index (χ3v) is 2.77. The van der Waals surface area contributed by atoms with E-state index in [4.69, 9.17) is 10.5 Å². The summed E-state index contributed by atoms with van der Waals surface area (Å²) < 4.78 is 6.17. The van der Waals surface area contributed by atoms with Crippen LogP contribution in [0.15, 0.2) is 16.6 Å². The Kier molecular flexibility index (Phi) is 3.33. The van der Waals surface area contributed by atoms with E-state index in [2.05, 4.69) is 22.0 Å². The number of ether oxygens (including phenoxy) is 1. The van der Waals surface area contributed by atoms with Gasteiger partial charge in [-0.3, -0.25) is 0 Å². The number of hydrogen-bond donors (Lipinski definition) is 1. The molecular weight excluding hydrogens is 230 g/mol. The summed E-state index contributed by atoms with van der Waals surface area (Å²) in [5.74, 6) is 0.840. The van der Waals surface area contributed by atoms with Crippen LogP contribution in [-0.2, 0) is 0 Å². The van der Waals surface area contributed by atoms with Crippen molar-refractivity contribution in [3.8, 4) is 5.75 Å². The van der Waals surface area contributed by atoms with Crippen LogP contribution in [-0.4, -0.2) is 7.11 Å². The van der Waals surface area contributed by atoms with Crippen molar-refractivity contribution < 1.29 is 4.74 Å². The Morgan fingerprint density at radius 2 is 2.08 bits per heavy atom. The summed E-state index contributed by atoms with van der Waals surface area (Å²) >= 11 is 3.47. The summed E-state index contributed by atoms with van der Waals surface area (Å²) in [5, 5.41) is 0. The molecule has 3 heteroatoms. The minimum atomic E-state index is 0.0168. The van der Waals surface area contributed by atoms with E-state index in [0.29, 0.717) is 0 Å². The normalized spacial score (nSPS) is 12.7. The molecule has 0 saturated carbocycles. The number of rotatable bonds is 2. The summed E-state index contributed by atoms with van der Waals surface area (Å²) in [4.78, 5) is 0. The highest BCUT2D eigenvalue weighted by atomic mass is 79.9. The molecule has 0 aliphatic rings. The second kappa shape index (κ2) is 4.11. The number of aryl methyl sites for hydroxylation is 1. The number of methoxy groups -OCH3 is 1. The lowest BCUT2D eigenvalue weighted by Crippen LogP contribution is -2.06. The maximum atomic E-state index is 5.82. The Morgan fingerprint density at radius 1 is 1.46 bits per heavy atom. The fourth-order valence-electron chi connectivity index (χ4n) is 1.24. The molecule has 1 aromatic rings. The van der Waals surface area contributed by atoms with Crippen LogP contribution >= 0.6 is 15.9 Å². The van der Waals surface area contributed by atoms with Crippen molar-refractivity contribution in [1.82, 2.24) is 0 Å². The molecule has 72 valence electrons. The van der Waals surface area contributed by atoms with Crippen molar-refractivity contribution in [2.24, 2.45) is 5.73 Å². The van der Waals surface area contributed by atoms with Gasteiger partial charge in [0.1, 0.15) is 5.75 Å². The summed E-state index contributed by atoms with van der Waals surface area (Å²) in [6.07, 6.45) is 0. The highest BCUT2D eigenvalue weighted by Crippen LogP contribution is 2.32. The molecule has 0 radical (unpaired) electrons. The molecule has 0 spiro atoms. The number of hydrogen-bond acceptors (Lipinski definition) is 2. The van der Waals surface area contributed by atoms with Gasteiger partial charge in [0.2, 0.25) is 0 Å². The van der Waals surface area contributed by atoms with Crippen LogP contribution < -0.4 is 10.5 Å². The van der Waals surface area contributed by atoms with Gasteiger partial charge in [-0.25, -0.2) is 0 Å². The first-order valence-corrected chi connectivity index (χ1v) is 4.95. The molecule has 0 aliphatic carbocycles. The van der Waals surface area contributed by atoms with Crippen molar-refractivity contribution in [2.75, 3.05) is 7.11 Å². The Hall–Kier alpha value is -0.540. The van der Waals surface area contributed by atoms with Crippen LogP contribution in [0.1, 0.15) is 24.1 Å². The minimum Gasteiger partial charge on any atom is -0.496 e. The molecule has 1 aromatic carbocycles. The zero-order valence-corrected chi connectivity index (χ0v) is 9.68. The molecule has 1 atom stereocenters. The first-order chi connectivity index (χ1) is 6.06. The molecule has 1 unspecified atom stereocenters. The number of benzene rings is 1. The summed E-state index contributed by atoms with van der Waals surface area (Å²) in [6, 6.07) is 4.07. The molecule has 1 rings (SSSR count). The standard InChI is InChI=1S/C10H14BrNO/c1-6-4-8(7(2)12)10(11)9(5-6)13-3/h4-5,7H,12H2,1-3H3. The highest BCUT2D eigenvalue weighted by molar-refractivity contribution is 9.10. The van der Waals surface area contributed by atoms with Crippen LogP contribution in [0.3, 0.4) is 0 Å². The van der Waals surface area contributed by atoms with Gasteiger partial charge in [0.15, 0.2) is 0 Å². The second-order valence-corrected chi connectivity index (χ2v) is 3.95. The van der Waals surface area contributed by atoms with E-state index in [1.54, 1.807) is 7.11 Å². The molecule has 0 bridgehead atoms. The van der Waals surface area contributed by atoms with E-state index in [-0.39, 0.29) is 6.04 Å². The third-order valence-electron chi connectivity index (χ3n) is 1.92. The smallest absolute Gasteiger partial charge is 0.133 e. The largest absolute Gasteiger partial charge is 0.496 e. The molecule has 0 aliphatic heterocycles. The summed E-state index contributed by atoms with van der Waals surface area (Å²) in [7, 11) is 1.66. The number of nitrogens with two attached hydrogens (primary N) is 1. The van der Waals surface area contributed by atoms with Crippen LogP contribution in [0.4, 0.5) is 0 Å². The maximum Gasteiger partial charge on any atom is 0.133 e. The second-order valence-electron chi connectivity index (χ2n) is 3.16. The minimum absolute atomic E-state index is 0.0168. The van der Waals surface area contributed by atoms with Crippen LogP contribution in [0, 0.1) is 6.92 Å². The first-order valence-electron chi connectivity index (χ1n) is 4.16. The lowest BCUT2D eigenvalue weighted by molar-refractivity contribution is 0.410. The first kappa shape index (κ1) is 10.5. The predicted octanol–water partition coefficient (Wildman–Crippen LogP) is 2.79. The Balaban J connectivity index is 3.27. The van der Waals surface area contributed by atoms with Crippen molar-refractivity contribution >= 4 is 15.9 Å². The molecule has 0 saturated heterocycles. The van der Waals surface area contributed by atoms with Gasteiger partial charge in [-0.15, -0.1) is 0 Å². The molecule has 0 heterocycles. The Bertz CT molecular complexity index is 310. The van der Waals surface area contributed by atoms with E-state index in [9.17, 15) is 0 Å². The topological polar surface area (TPSA) is 35.2 Å². The Morgan fingerprint density at radius 3 is 2.54 bits per heavy atom. The lowest BCUT2D eigenvalue weighted by atomic mass is 10.1. The third kappa shape index (κ3) is 2.23. The zero-order valence-electron chi connectivity index (χ0n) is 8.10. The van der Waals surface area contributed by atoms with E-state index < -0.39 is 0 Å². The average Bonchev–Trinajstić information content (AvgIpc) is 2.08. The van der Waals surface area contributed by atoms with Gasteiger partial charge >= 0.3 is 0 Å². The van der Waals surface area contributed by atoms with Crippen molar-refractivity contribution in [2.45, 2.75) is 19.9 Å². The fraction of sp³-hybridized carbons (Fsp3) is 0.400. The van der Waals surface area contributed by atoms with Gasteiger partial charge in [0.05, 0.1) is 11.6 Å². The molecular formula is C10H14BrNO. The maximum absolute atomic E-state index is 5.82. The van der Waals surface area contributed by atoms with Crippen molar-refractivity contribution in [3.05, 3.63) is 27.7 Å². The fourth-order valence-corrected chi connectivity index (χ4v) is 1.99. The van der Waals surface area contributed by atoms with E-state index in [0.717, 1.165) is 21.3 Å².